The summed E-state index contributed by atoms with van der Waals surface area (Å²) >= 11 is 1.04. The normalized spacial score (nSPS) is 18.5. The number of aliphatic hydroxyl groups excluding tert-OH is 2. The Kier molecular flexibility index (Phi) is 10.9. The molecule has 0 saturated carbocycles. The minimum absolute atomic E-state index is 0.0165. The van der Waals surface area contributed by atoms with Crippen molar-refractivity contribution in [2.24, 2.45) is 5.14 Å². The summed E-state index contributed by atoms with van der Waals surface area (Å²) in [5.74, 6) is 5.38. The van der Waals surface area contributed by atoms with Crippen molar-refractivity contribution in [3.05, 3.63) is 46.8 Å². The van der Waals surface area contributed by atoms with Crippen LogP contribution in [-0.2, 0) is 16.4 Å². The van der Waals surface area contributed by atoms with E-state index in [1.807, 2.05) is 0 Å². The third-order valence-electron chi connectivity index (χ3n) is 6.90. The van der Waals surface area contributed by atoms with E-state index in [2.05, 4.69) is 22.5 Å². The molecular weight excluding hydrogens is 631 g/mol. The third-order valence-corrected chi connectivity index (χ3v) is 9.01. The summed E-state index contributed by atoms with van der Waals surface area (Å²) in [5.41, 5.74) is 0.652. The Morgan fingerprint density at radius 1 is 1.23 bits per heavy atom. The van der Waals surface area contributed by atoms with Gasteiger partial charge in [0.05, 0.1) is 57.6 Å². The van der Waals surface area contributed by atoms with Crippen LogP contribution in [0.2, 0.25) is 0 Å². The molecule has 0 aliphatic carbocycles. The zero-order valence-electron chi connectivity index (χ0n) is 23.2. The SMILES string of the molecule is NS(=O)(=O)c1ccc(NCC#Cc2sc3c(NC4CCN(CC(O)CO)CC4F)cccc3c2CC(F)(F)F)c(OCF)c1. The van der Waals surface area contributed by atoms with E-state index in [-0.39, 0.29) is 46.4 Å². The highest BCUT2D eigenvalue weighted by atomic mass is 32.2. The van der Waals surface area contributed by atoms with Crippen molar-refractivity contribution in [1.82, 2.24) is 4.90 Å². The number of aliphatic hydroxyl groups is 2. The number of likely N-dealkylation sites (tertiary alicyclic amines) is 1. The van der Waals surface area contributed by atoms with Gasteiger partial charge in [-0.15, -0.1) is 11.3 Å². The number of halogens is 5. The van der Waals surface area contributed by atoms with E-state index >= 15 is 4.39 Å². The predicted molar refractivity (Wildman–Crippen MR) is 158 cm³/mol. The van der Waals surface area contributed by atoms with Gasteiger partial charge >= 0.3 is 6.18 Å². The van der Waals surface area contributed by atoms with Crippen LogP contribution in [0.3, 0.4) is 0 Å². The first-order valence-electron chi connectivity index (χ1n) is 13.4. The molecule has 1 saturated heterocycles. The summed E-state index contributed by atoms with van der Waals surface area (Å²) in [6, 6.07) is 7.72. The van der Waals surface area contributed by atoms with Crippen molar-refractivity contribution in [1.29, 1.82) is 0 Å². The van der Waals surface area contributed by atoms with E-state index in [0.717, 1.165) is 17.4 Å². The van der Waals surface area contributed by atoms with E-state index in [4.69, 9.17) is 15.0 Å². The molecule has 240 valence electrons. The maximum Gasteiger partial charge on any atom is 0.393 e. The summed E-state index contributed by atoms with van der Waals surface area (Å²) in [4.78, 5) is 1.58. The Bertz CT molecular complexity index is 1620. The van der Waals surface area contributed by atoms with Gasteiger partial charge in [-0.3, -0.25) is 4.90 Å². The molecule has 3 aromatic rings. The van der Waals surface area contributed by atoms with Gasteiger partial charge in [-0.25, -0.2) is 22.3 Å². The zero-order chi connectivity index (χ0) is 32.1. The second kappa shape index (κ2) is 14.3. The molecule has 0 spiro atoms. The lowest BCUT2D eigenvalue weighted by atomic mass is 10.0. The molecule has 3 atom stereocenters. The quantitative estimate of drug-likeness (QED) is 0.155. The van der Waals surface area contributed by atoms with E-state index in [0.29, 0.717) is 28.7 Å². The predicted octanol–water partition coefficient (Wildman–Crippen LogP) is 3.60. The molecule has 16 heteroatoms. The maximum absolute atomic E-state index is 15.1. The van der Waals surface area contributed by atoms with Crippen LogP contribution < -0.4 is 20.5 Å². The van der Waals surface area contributed by atoms with Crippen molar-refractivity contribution < 1.29 is 45.3 Å². The van der Waals surface area contributed by atoms with Crippen LogP contribution in [0.25, 0.3) is 10.1 Å². The molecule has 3 unspecified atom stereocenters. The number of nitrogens with one attached hydrogen (secondary N) is 2. The number of thiophene rings is 1. The summed E-state index contributed by atoms with van der Waals surface area (Å²) in [6.45, 7) is -1.16. The number of benzene rings is 2. The molecule has 1 aliphatic rings. The number of β-amino-alcohol motifs (C(OH)–C–C–N with tert-alkyl or cyclic N) is 1. The van der Waals surface area contributed by atoms with Crippen LogP contribution in [0.4, 0.5) is 33.3 Å². The van der Waals surface area contributed by atoms with Gasteiger partial charge in [0.1, 0.15) is 11.9 Å². The number of hydrogen-bond acceptors (Lipinski definition) is 9. The molecule has 0 amide bonds. The monoisotopic (exact) mass is 662 g/mol. The van der Waals surface area contributed by atoms with Gasteiger partial charge in [0.25, 0.3) is 0 Å². The lowest BCUT2D eigenvalue weighted by molar-refractivity contribution is -0.126. The largest absolute Gasteiger partial charge is 0.461 e. The van der Waals surface area contributed by atoms with Crippen LogP contribution in [0, 0.1) is 11.8 Å². The van der Waals surface area contributed by atoms with Gasteiger partial charge < -0.3 is 25.6 Å². The lowest BCUT2D eigenvalue weighted by Crippen LogP contribution is -2.50. The van der Waals surface area contributed by atoms with E-state index in [9.17, 15) is 31.1 Å². The first kappa shape index (κ1) is 33.7. The second-order valence-electron chi connectivity index (χ2n) is 10.1. The number of primary sulfonamides is 1. The molecule has 1 aliphatic heterocycles. The highest BCUT2D eigenvalue weighted by Gasteiger charge is 2.33. The first-order chi connectivity index (χ1) is 20.8. The molecular formula is C28H31F5N4O5S2. The zero-order valence-corrected chi connectivity index (χ0v) is 24.8. The van der Waals surface area contributed by atoms with Crippen molar-refractivity contribution in [2.45, 2.75) is 42.2 Å². The molecule has 0 bridgehead atoms. The lowest BCUT2D eigenvalue weighted by Gasteiger charge is -2.36. The smallest absolute Gasteiger partial charge is 0.393 e. The average Bonchev–Trinajstić information content (AvgIpc) is 3.29. The number of ether oxygens (including phenoxy) is 1. The van der Waals surface area contributed by atoms with Gasteiger partial charge in [-0.1, -0.05) is 24.0 Å². The van der Waals surface area contributed by atoms with Crippen molar-refractivity contribution >= 4 is 42.8 Å². The number of hydrogen-bond donors (Lipinski definition) is 5. The molecule has 1 aromatic heterocycles. The topological polar surface area (TPSA) is 137 Å². The standard InChI is InChI=1S/C28H31F5N4O5S2/c29-16-42-25-11-18(44(34,40)41)6-7-23(25)35-9-2-5-26-20(12-28(31,32)33)19-3-1-4-24(27(19)43-26)36-22-8-10-37(14-21(22)30)13-17(39)15-38/h1,3-4,6-7,11,17,21-22,35-36,38-39H,8-10,12-16H2,(H2,34,40,41). The van der Waals surface area contributed by atoms with Gasteiger partial charge in [0.15, 0.2) is 0 Å². The molecule has 6 N–H and O–H groups in total. The Hall–Kier alpha value is -3.20. The minimum atomic E-state index is -4.52. The summed E-state index contributed by atoms with van der Waals surface area (Å²) < 4.78 is 97.2. The Morgan fingerprint density at radius 2 is 2.00 bits per heavy atom. The first-order valence-corrected chi connectivity index (χ1v) is 15.8. The fourth-order valence-corrected chi connectivity index (χ4v) is 6.58. The number of nitrogens with zero attached hydrogens (tertiary/aromatic N) is 1. The van der Waals surface area contributed by atoms with Crippen molar-refractivity contribution in [3.8, 4) is 17.6 Å². The molecule has 1 fully saturated rings. The molecule has 2 aromatic carbocycles. The summed E-state index contributed by atoms with van der Waals surface area (Å²) in [5, 5.41) is 30.1. The van der Waals surface area contributed by atoms with Crippen molar-refractivity contribution in [2.75, 3.05) is 50.3 Å². The number of anilines is 2. The number of alkyl halides is 5. The molecule has 4 rings (SSSR count). The molecule has 44 heavy (non-hydrogen) atoms. The highest BCUT2D eigenvalue weighted by molar-refractivity contribution is 7.89. The van der Waals surface area contributed by atoms with Crippen LogP contribution in [-0.4, -0.2) is 87.7 Å². The number of piperidine rings is 1. The number of nitrogens with two attached hydrogens (primary N) is 1. The number of fused-ring (bicyclic) bond motifs is 1. The Balaban J connectivity index is 1.56. The molecule has 2 heterocycles. The third kappa shape index (κ3) is 8.71. The fraction of sp³-hybridized carbons (Fsp3) is 0.429. The fourth-order valence-electron chi connectivity index (χ4n) is 4.88. The van der Waals surface area contributed by atoms with Gasteiger partial charge in [-0.2, -0.15) is 13.2 Å². The van der Waals surface area contributed by atoms with Gasteiger partial charge in [0.2, 0.25) is 16.9 Å². The van der Waals surface area contributed by atoms with Gasteiger partial charge in [0, 0.05) is 25.7 Å². The van der Waals surface area contributed by atoms with Crippen LogP contribution >= 0.6 is 11.3 Å². The Labute approximate surface area is 254 Å². The van der Waals surface area contributed by atoms with Crippen LogP contribution in [0.1, 0.15) is 16.9 Å². The van der Waals surface area contributed by atoms with Crippen molar-refractivity contribution in [3.63, 3.8) is 0 Å². The summed E-state index contributed by atoms with van der Waals surface area (Å²) in [6.07, 6.45) is -7.67. The number of rotatable bonds is 11. The maximum atomic E-state index is 15.1. The summed E-state index contributed by atoms with van der Waals surface area (Å²) in [7, 11) is -4.07. The number of sulfonamides is 1. The van der Waals surface area contributed by atoms with Crippen LogP contribution in [0.5, 0.6) is 5.75 Å². The van der Waals surface area contributed by atoms with Gasteiger partial charge in [-0.05, 0) is 35.6 Å². The average molecular weight is 663 g/mol. The Morgan fingerprint density at radius 3 is 2.66 bits per heavy atom. The minimum Gasteiger partial charge on any atom is -0.461 e. The van der Waals surface area contributed by atoms with E-state index in [1.165, 1.54) is 12.1 Å². The highest BCUT2D eigenvalue weighted by Crippen LogP contribution is 2.39. The molecule has 0 radical (unpaired) electrons. The second-order valence-corrected chi connectivity index (χ2v) is 12.7. The van der Waals surface area contributed by atoms with Crippen LogP contribution in [0.15, 0.2) is 41.3 Å². The van der Waals surface area contributed by atoms with E-state index < -0.39 is 54.4 Å². The molecule has 9 nitrogen and oxygen atoms in total. The van der Waals surface area contributed by atoms with E-state index in [1.54, 1.807) is 23.1 Å².